The van der Waals surface area contributed by atoms with Crippen LogP contribution >= 0.6 is 0 Å². The molecular formula is C13H18N4O3. The first-order valence-corrected chi connectivity index (χ1v) is 6.55. The average molecular weight is 278 g/mol. The molecule has 1 aliphatic rings. The van der Waals surface area contributed by atoms with Crippen LogP contribution in [0.25, 0.3) is 0 Å². The van der Waals surface area contributed by atoms with Gasteiger partial charge < -0.3 is 15.4 Å². The van der Waals surface area contributed by atoms with Gasteiger partial charge in [0.1, 0.15) is 5.82 Å². The molecule has 0 bridgehead atoms. The maximum absolute atomic E-state index is 11.5. The van der Waals surface area contributed by atoms with E-state index in [1.54, 1.807) is 13.0 Å². The first-order valence-electron chi connectivity index (χ1n) is 6.55. The van der Waals surface area contributed by atoms with Crippen LogP contribution in [0.2, 0.25) is 0 Å². The van der Waals surface area contributed by atoms with E-state index < -0.39 is 5.97 Å². The van der Waals surface area contributed by atoms with Crippen molar-refractivity contribution in [3.63, 3.8) is 0 Å². The van der Waals surface area contributed by atoms with Gasteiger partial charge >= 0.3 is 5.97 Å². The number of amides is 1. The van der Waals surface area contributed by atoms with Crippen molar-refractivity contribution in [1.82, 2.24) is 15.3 Å². The first-order chi connectivity index (χ1) is 9.58. The number of anilines is 1. The van der Waals surface area contributed by atoms with Crippen LogP contribution in [0.3, 0.4) is 0 Å². The van der Waals surface area contributed by atoms with Crippen LogP contribution in [0.1, 0.15) is 35.6 Å². The summed E-state index contributed by atoms with van der Waals surface area (Å²) < 4.78 is 4.58. The number of ether oxygens (including phenoxy) is 1. The average Bonchev–Trinajstić information content (AvgIpc) is 3.21. The molecule has 1 saturated carbocycles. The molecule has 7 nitrogen and oxygen atoms in total. The van der Waals surface area contributed by atoms with Crippen molar-refractivity contribution >= 4 is 17.7 Å². The van der Waals surface area contributed by atoms with E-state index in [1.165, 1.54) is 7.11 Å². The van der Waals surface area contributed by atoms with Crippen molar-refractivity contribution in [2.75, 3.05) is 19.0 Å². The minimum Gasteiger partial charge on any atom is -0.463 e. The summed E-state index contributed by atoms with van der Waals surface area (Å²) >= 11 is 0. The van der Waals surface area contributed by atoms with E-state index in [4.69, 9.17) is 0 Å². The molecule has 0 aliphatic heterocycles. The van der Waals surface area contributed by atoms with Gasteiger partial charge in [-0.15, -0.1) is 0 Å². The maximum Gasteiger partial charge on any atom is 0.376 e. The molecule has 0 saturated heterocycles. The molecule has 0 radical (unpaired) electrons. The van der Waals surface area contributed by atoms with Crippen LogP contribution in [0.5, 0.6) is 0 Å². The van der Waals surface area contributed by atoms with Gasteiger partial charge in [0, 0.05) is 30.8 Å². The fourth-order valence-electron chi connectivity index (χ4n) is 1.67. The summed E-state index contributed by atoms with van der Waals surface area (Å²) in [5.74, 6) is -0.0308. The Morgan fingerprint density at radius 1 is 1.40 bits per heavy atom. The zero-order chi connectivity index (χ0) is 14.5. The van der Waals surface area contributed by atoms with Gasteiger partial charge in [0.15, 0.2) is 0 Å². The van der Waals surface area contributed by atoms with Crippen LogP contribution in [-0.4, -0.2) is 41.5 Å². The fourth-order valence-corrected chi connectivity index (χ4v) is 1.67. The minimum absolute atomic E-state index is 0.0115. The van der Waals surface area contributed by atoms with Crippen molar-refractivity contribution < 1.29 is 14.3 Å². The Labute approximate surface area is 117 Å². The highest BCUT2D eigenvalue weighted by Crippen LogP contribution is 2.18. The van der Waals surface area contributed by atoms with Crippen molar-refractivity contribution in [2.24, 2.45) is 0 Å². The molecule has 0 atom stereocenters. The lowest BCUT2D eigenvalue weighted by atomic mass is 10.3. The number of methoxy groups -OCH3 is 1. The number of rotatable bonds is 6. The zero-order valence-electron chi connectivity index (χ0n) is 11.6. The van der Waals surface area contributed by atoms with E-state index in [2.05, 4.69) is 25.3 Å². The maximum atomic E-state index is 11.5. The Morgan fingerprint density at radius 2 is 2.15 bits per heavy atom. The Bertz CT molecular complexity index is 514. The normalized spacial score (nSPS) is 13.7. The third-order valence-electron chi connectivity index (χ3n) is 2.82. The molecule has 1 heterocycles. The molecule has 1 aromatic heterocycles. The second-order valence-corrected chi connectivity index (χ2v) is 4.73. The summed E-state index contributed by atoms with van der Waals surface area (Å²) in [7, 11) is 1.28. The number of carbonyl (C=O) groups excluding carboxylic acids is 2. The van der Waals surface area contributed by atoms with Crippen LogP contribution < -0.4 is 10.6 Å². The lowest BCUT2D eigenvalue weighted by molar-refractivity contribution is -0.120. The second kappa shape index (κ2) is 6.31. The molecule has 0 unspecified atom stereocenters. The third kappa shape index (κ3) is 4.18. The number of nitrogens with zero attached hydrogens (tertiary/aromatic N) is 2. The van der Waals surface area contributed by atoms with Gasteiger partial charge in [0.25, 0.3) is 0 Å². The largest absolute Gasteiger partial charge is 0.463 e. The molecule has 2 rings (SSSR count). The van der Waals surface area contributed by atoms with E-state index in [9.17, 15) is 9.59 Å². The monoisotopic (exact) mass is 278 g/mol. The zero-order valence-corrected chi connectivity index (χ0v) is 11.6. The van der Waals surface area contributed by atoms with Gasteiger partial charge in [-0.05, 0) is 19.8 Å². The number of nitrogens with one attached hydrogen (secondary N) is 2. The molecule has 2 N–H and O–H groups in total. The Hall–Kier alpha value is -2.18. The van der Waals surface area contributed by atoms with Crippen molar-refractivity contribution in [3.8, 4) is 0 Å². The molecule has 7 heteroatoms. The van der Waals surface area contributed by atoms with Gasteiger partial charge in [-0.1, -0.05) is 0 Å². The van der Waals surface area contributed by atoms with Crippen LogP contribution in [0.15, 0.2) is 6.07 Å². The topological polar surface area (TPSA) is 93.2 Å². The van der Waals surface area contributed by atoms with Gasteiger partial charge in [0.2, 0.25) is 11.7 Å². The Balaban J connectivity index is 1.86. The van der Waals surface area contributed by atoms with Gasteiger partial charge in [-0.25, -0.2) is 14.8 Å². The smallest absolute Gasteiger partial charge is 0.376 e. The standard InChI is InChI=1S/C13H18N4O3/c1-8-7-10(17-12(15-8)13(19)20-2)14-6-5-11(18)16-9-3-4-9/h7,9H,3-6H2,1-2H3,(H,16,18)(H,14,15,17). The minimum atomic E-state index is -0.580. The molecule has 0 aromatic carbocycles. The number of aromatic nitrogens is 2. The Kier molecular flexibility index (Phi) is 4.49. The number of aryl methyl sites for hydroxylation is 1. The number of hydrogen-bond donors (Lipinski definition) is 2. The lowest BCUT2D eigenvalue weighted by Gasteiger charge is -2.08. The summed E-state index contributed by atoms with van der Waals surface area (Å²) in [6.45, 7) is 2.22. The Morgan fingerprint density at radius 3 is 2.80 bits per heavy atom. The summed E-state index contributed by atoms with van der Waals surface area (Å²) in [6.07, 6.45) is 2.52. The van der Waals surface area contributed by atoms with E-state index in [1.807, 2.05) is 0 Å². The highest BCUT2D eigenvalue weighted by Gasteiger charge is 2.22. The van der Waals surface area contributed by atoms with Gasteiger partial charge in [-0.2, -0.15) is 0 Å². The highest BCUT2D eigenvalue weighted by atomic mass is 16.5. The van der Waals surface area contributed by atoms with Crippen LogP contribution in [-0.2, 0) is 9.53 Å². The molecule has 20 heavy (non-hydrogen) atoms. The van der Waals surface area contributed by atoms with Crippen molar-refractivity contribution in [2.45, 2.75) is 32.2 Å². The second-order valence-electron chi connectivity index (χ2n) is 4.73. The third-order valence-corrected chi connectivity index (χ3v) is 2.82. The highest BCUT2D eigenvalue weighted by molar-refractivity contribution is 5.85. The lowest BCUT2D eigenvalue weighted by Crippen LogP contribution is -2.27. The van der Waals surface area contributed by atoms with E-state index in [0.29, 0.717) is 30.5 Å². The molecular weight excluding hydrogens is 260 g/mol. The number of esters is 1. The molecule has 108 valence electrons. The molecule has 0 spiro atoms. The summed E-state index contributed by atoms with van der Waals surface area (Å²) in [6, 6.07) is 2.08. The molecule has 1 fully saturated rings. The van der Waals surface area contributed by atoms with E-state index in [0.717, 1.165) is 12.8 Å². The van der Waals surface area contributed by atoms with Crippen LogP contribution in [0, 0.1) is 6.92 Å². The molecule has 1 aliphatic carbocycles. The first kappa shape index (κ1) is 14.2. The SMILES string of the molecule is COC(=O)c1nc(C)cc(NCCC(=O)NC2CC2)n1. The van der Waals surface area contributed by atoms with E-state index in [-0.39, 0.29) is 11.7 Å². The van der Waals surface area contributed by atoms with Gasteiger partial charge in [-0.3, -0.25) is 4.79 Å². The number of hydrogen-bond acceptors (Lipinski definition) is 6. The quantitative estimate of drug-likeness (QED) is 0.742. The summed E-state index contributed by atoms with van der Waals surface area (Å²) in [4.78, 5) is 30.9. The number of carbonyl (C=O) groups is 2. The van der Waals surface area contributed by atoms with E-state index >= 15 is 0 Å². The molecule has 1 amide bonds. The predicted molar refractivity (Wildman–Crippen MR) is 72.4 cm³/mol. The fraction of sp³-hybridized carbons (Fsp3) is 0.538. The summed E-state index contributed by atoms with van der Waals surface area (Å²) in [5, 5.41) is 5.91. The molecule has 1 aromatic rings. The van der Waals surface area contributed by atoms with Gasteiger partial charge in [0.05, 0.1) is 7.11 Å². The van der Waals surface area contributed by atoms with Crippen molar-refractivity contribution in [1.29, 1.82) is 0 Å². The van der Waals surface area contributed by atoms with Crippen molar-refractivity contribution in [3.05, 3.63) is 17.6 Å². The van der Waals surface area contributed by atoms with Crippen LogP contribution in [0.4, 0.5) is 5.82 Å². The summed E-state index contributed by atoms with van der Waals surface area (Å²) in [5.41, 5.74) is 0.658. The predicted octanol–water partition coefficient (Wildman–Crippen LogP) is 0.652.